The summed E-state index contributed by atoms with van der Waals surface area (Å²) < 4.78 is 7.45. The molecule has 2 unspecified atom stereocenters. The number of rotatable bonds is 3. The van der Waals surface area contributed by atoms with Crippen molar-refractivity contribution in [1.82, 2.24) is 15.2 Å². The summed E-state index contributed by atoms with van der Waals surface area (Å²) in [5.41, 5.74) is 4.85. The van der Waals surface area contributed by atoms with Gasteiger partial charge in [-0.2, -0.15) is 5.10 Å². The minimum atomic E-state index is -0.136. The maximum absolute atomic E-state index is 6.20. The Kier molecular flexibility index (Phi) is 3.18. The summed E-state index contributed by atoms with van der Waals surface area (Å²) >= 11 is 6.20. The van der Waals surface area contributed by atoms with Gasteiger partial charge in [0.05, 0.1) is 29.6 Å². The van der Waals surface area contributed by atoms with Crippen LogP contribution in [0.25, 0.3) is 0 Å². The van der Waals surface area contributed by atoms with Crippen molar-refractivity contribution >= 4 is 11.6 Å². The molecule has 0 fully saturated rings. The normalized spacial score (nSPS) is 19.0. The number of hydrogen-bond donors (Lipinski definition) is 2. The number of halogens is 1. The van der Waals surface area contributed by atoms with Crippen LogP contribution < -0.4 is 16.0 Å². The maximum atomic E-state index is 6.20. The second kappa shape index (κ2) is 4.85. The summed E-state index contributed by atoms with van der Waals surface area (Å²) in [6, 6.07) is 7.85. The highest BCUT2D eigenvalue weighted by Gasteiger charge is 2.34. The maximum Gasteiger partial charge on any atom is 0.122 e. The first kappa shape index (κ1) is 12.5. The van der Waals surface area contributed by atoms with Crippen LogP contribution in [0.4, 0.5) is 0 Å². The van der Waals surface area contributed by atoms with Crippen LogP contribution in [-0.2, 0) is 7.05 Å². The number of nitrogens with one attached hydrogen (secondary N) is 1. The van der Waals surface area contributed by atoms with Crippen molar-refractivity contribution in [2.75, 3.05) is 6.61 Å². The Balaban J connectivity index is 2.01. The highest BCUT2D eigenvalue weighted by Crippen LogP contribution is 2.42. The summed E-state index contributed by atoms with van der Waals surface area (Å²) in [7, 11) is 1.85. The topological polar surface area (TPSA) is 65.1 Å². The van der Waals surface area contributed by atoms with Crippen LogP contribution in [0.3, 0.4) is 0 Å². The minimum Gasteiger partial charge on any atom is -0.493 e. The highest BCUT2D eigenvalue weighted by molar-refractivity contribution is 6.31. The lowest BCUT2D eigenvalue weighted by Crippen LogP contribution is -2.34. The van der Waals surface area contributed by atoms with Crippen molar-refractivity contribution in [3.8, 4) is 5.75 Å². The molecule has 0 bridgehead atoms. The first-order valence-electron chi connectivity index (χ1n) is 6.07. The summed E-state index contributed by atoms with van der Waals surface area (Å²) in [6.07, 6.45) is 1.63. The second-order valence-corrected chi connectivity index (χ2v) is 5.01. The van der Waals surface area contributed by atoms with E-state index in [0.717, 1.165) is 17.0 Å². The molecular formula is C13H15ClN4O. The summed E-state index contributed by atoms with van der Waals surface area (Å²) in [4.78, 5) is 0. The molecule has 1 aromatic heterocycles. The van der Waals surface area contributed by atoms with Crippen molar-refractivity contribution in [3.05, 3.63) is 46.7 Å². The van der Waals surface area contributed by atoms with Gasteiger partial charge >= 0.3 is 0 Å². The molecule has 2 aromatic rings. The van der Waals surface area contributed by atoms with E-state index in [0.29, 0.717) is 11.6 Å². The lowest BCUT2D eigenvalue weighted by atomic mass is 9.91. The Morgan fingerprint density at radius 3 is 3.00 bits per heavy atom. The van der Waals surface area contributed by atoms with Crippen molar-refractivity contribution in [1.29, 1.82) is 0 Å². The minimum absolute atomic E-state index is 0.120. The molecule has 5 nitrogen and oxygen atoms in total. The van der Waals surface area contributed by atoms with Gasteiger partial charge in [0, 0.05) is 18.5 Å². The first-order valence-corrected chi connectivity index (χ1v) is 6.45. The summed E-state index contributed by atoms with van der Waals surface area (Å²) in [5.74, 6) is 6.76. The van der Waals surface area contributed by atoms with E-state index >= 15 is 0 Å². The molecule has 2 heterocycles. The third kappa shape index (κ3) is 2.00. The zero-order valence-corrected chi connectivity index (χ0v) is 11.3. The van der Waals surface area contributed by atoms with Gasteiger partial charge in [-0.25, -0.2) is 0 Å². The largest absolute Gasteiger partial charge is 0.493 e. The number of hydrazine groups is 1. The Morgan fingerprint density at radius 2 is 2.32 bits per heavy atom. The van der Waals surface area contributed by atoms with E-state index in [2.05, 4.69) is 16.6 Å². The highest BCUT2D eigenvalue weighted by atomic mass is 35.5. The molecule has 1 aliphatic rings. The third-order valence-electron chi connectivity index (χ3n) is 3.55. The van der Waals surface area contributed by atoms with Crippen LogP contribution in [0.2, 0.25) is 5.02 Å². The molecule has 0 saturated heterocycles. The third-order valence-corrected chi connectivity index (χ3v) is 3.84. The van der Waals surface area contributed by atoms with E-state index in [-0.39, 0.29) is 12.0 Å². The van der Waals surface area contributed by atoms with Gasteiger partial charge in [-0.3, -0.25) is 16.0 Å². The predicted octanol–water partition coefficient (Wildman–Crippen LogP) is 1.75. The fraction of sp³-hybridized carbons (Fsp3) is 0.308. The number of nitrogens with zero attached hydrogens (tertiary/aromatic N) is 2. The van der Waals surface area contributed by atoms with Crippen LogP contribution in [0.15, 0.2) is 30.5 Å². The van der Waals surface area contributed by atoms with E-state index in [1.54, 1.807) is 10.9 Å². The number of aromatic nitrogens is 2. The van der Waals surface area contributed by atoms with Gasteiger partial charge < -0.3 is 4.74 Å². The molecular weight excluding hydrogens is 264 g/mol. The number of benzene rings is 1. The zero-order chi connectivity index (χ0) is 13.4. The van der Waals surface area contributed by atoms with Crippen LogP contribution >= 0.6 is 11.6 Å². The fourth-order valence-electron chi connectivity index (χ4n) is 2.62. The predicted molar refractivity (Wildman–Crippen MR) is 73.0 cm³/mol. The van der Waals surface area contributed by atoms with Gasteiger partial charge in [-0.05, 0) is 6.07 Å². The van der Waals surface area contributed by atoms with Crippen LogP contribution in [0, 0.1) is 0 Å². The van der Waals surface area contributed by atoms with Crippen LogP contribution in [0.5, 0.6) is 5.75 Å². The SMILES string of the molecule is Cn1ncc(Cl)c1C(NN)C1COc2ccccc21. The Bertz CT molecular complexity index is 579. The van der Waals surface area contributed by atoms with E-state index < -0.39 is 0 Å². The Hall–Kier alpha value is -1.56. The molecule has 1 aromatic carbocycles. The van der Waals surface area contributed by atoms with Crippen molar-refractivity contribution in [3.63, 3.8) is 0 Å². The molecule has 19 heavy (non-hydrogen) atoms. The van der Waals surface area contributed by atoms with Crippen molar-refractivity contribution in [2.24, 2.45) is 12.9 Å². The molecule has 2 atom stereocenters. The molecule has 0 radical (unpaired) electrons. The number of nitrogens with two attached hydrogens (primary N) is 1. The van der Waals surface area contributed by atoms with E-state index in [9.17, 15) is 0 Å². The molecule has 0 aliphatic carbocycles. The average Bonchev–Trinajstić information content (AvgIpc) is 2.98. The van der Waals surface area contributed by atoms with Gasteiger partial charge in [0.2, 0.25) is 0 Å². The lowest BCUT2D eigenvalue weighted by Gasteiger charge is -2.22. The van der Waals surface area contributed by atoms with E-state index in [1.165, 1.54) is 0 Å². The molecule has 3 N–H and O–H groups in total. The molecule has 3 rings (SSSR count). The number of fused-ring (bicyclic) bond motifs is 1. The summed E-state index contributed by atoms with van der Waals surface area (Å²) in [6.45, 7) is 0.579. The van der Waals surface area contributed by atoms with Crippen LogP contribution in [-0.4, -0.2) is 16.4 Å². The van der Waals surface area contributed by atoms with Crippen molar-refractivity contribution < 1.29 is 4.74 Å². The standard InChI is InChI=1S/C13H15ClN4O/c1-18-13(10(14)6-16-18)12(17-15)9-7-19-11-5-3-2-4-8(9)11/h2-6,9,12,17H,7,15H2,1H3. The van der Waals surface area contributed by atoms with Gasteiger partial charge in [0.15, 0.2) is 0 Å². The second-order valence-electron chi connectivity index (χ2n) is 4.60. The number of hydrogen-bond acceptors (Lipinski definition) is 4. The van der Waals surface area contributed by atoms with E-state index in [1.807, 2.05) is 25.2 Å². The van der Waals surface area contributed by atoms with Gasteiger partial charge in [0.25, 0.3) is 0 Å². The van der Waals surface area contributed by atoms with Crippen LogP contribution in [0.1, 0.15) is 23.2 Å². The Morgan fingerprint density at radius 1 is 1.53 bits per heavy atom. The molecule has 6 heteroatoms. The molecule has 0 amide bonds. The van der Waals surface area contributed by atoms with Gasteiger partial charge in [-0.1, -0.05) is 29.8 Å². The zero-order valence-electron chi connectivity index (χ0n) is 10.5. The Labute approximate surface area is 116 Å². The fourth-order valence-corrected chi connectivity index (χ4v) is 2.90. The smallest absolute Gasteiger partial charge is 0.122 e. The quantitative estimate of drug-likeness (QED) is 0.663. The molecule has 0 spiro atoms. The van der Waals surface area contributed by atoms with Gasteiger partial charge in [0.1, 0.15) is 5.75 Å². The molecule has 100 valence electrons. The van der Waals surface area contributed by atoms with Gasteiger partial charge in [-0.15, -0.1) is 0 Å². The monoisotopic (exact) mass is 278 g/mol. The number of para-hydroxylation sites is 1. The number of aryl methyl sites for hydroxylation is 1. The van der Waals surface area contributed by atoms with E-state index in [4.69, 9.17) is 22.2 Å². The first-order chi connectivity index (χ1) is 9.22. The lowest BCUT2D eigenvalue weighted by molar-refractivity contribution is 0.296. The molecule has 1 aliphatic heterocycles. The molecule has 0 saturated carbocycles. The summed E-state index contributed by atoms with van der Waals surface area (Å²) in [5, 5.41) is 4.77. The number of ether oxygens (including phenoxy) is 1. The van der Waals surface area contributed by atoms with Crippen molar-refractivity contribution in [2.45, 2.75) is 12.0 Å². The average molecular weight is 279 g/mol.